The molecule has 1 saturated carbocycles. The number of carbonyl (C=O) groups excluding carboxylic acids is 2. The highest BCUT2D eigenvalue weighted by atomic mass is 19.1. The minimum absolute atomic E-state index is 0.00612. The molecule has 0 atom stereocenters. The number of amides is 2. The molecule has 0 aromatic heterocycles. The van der Waals surface area contributed by atoms with E-state index >= 15 is 0 Å². The second-order valence-corrected chi connectivity index (χ2v) is 5.55. The van der Waals surface area contributed by atoms with Crippen molar-refractivity contribution in [1.82, 2.24) is 10.6 Å². The molecule has 0 unspecified atom stereocenters. The molecule has 0 aliphatic heterocycles. The highest BCUT2D eigenvalue weighted by Gasteiger charge is 2.38. The average Bonchev–Trinajstić information content (AvgIpc) is 2.45. The maximum Gasteiger partial charge on any atom is 0.239 e. The van der Waals surface area contributed by atoms with Crippen LogP contribution < -0.4 is 10.6 Å². The third kappa shape index (κ3) is 3.80. The number of hydrogen-bond acceptors (Lipinski definition) is 2. The predicted molar refractivity (Wildman–Crippen MR) is 78.2 cm³/mol. The van der Waals surface area contributed by atoms with E-state index in [1.54, 1.807) is 19.1 Å². The SMILES string of the molecule is CCC(=O)NCC(=O)NCC1(c2ccc(F)cc2)CCC1. The molecule has 1 aromatic rings. The maximum atomic E-state index is 13.0. The fourth-order valence-electron chi connectivity index (χ4n) is 2.61. The second-order valence-electron chi connectivity index (χ2n) is 5.55. The van der Waals surface area contributed by atoms with E-state index in [2.05, 4.69) is 10.6 Å². The lowest BCUT2D eigenvalue weighted by Gasteiger charge is -2.42. The second kappa shape index (κ2) is 6.70. The van der Waals surface area contributed by atoms with Crippen molar-refractivity contribution in [3.8, 4) is 0 Å². The molecule has 21 heavy (non-hydrogen) atoms. The summed E-state index contributed by atoms with van der Waals surface area (Å²) in [5.74, 6) is -0.577. The van der Waals surface area contributed by atoms with E-state index in [1.807, 2.05) is 0 Å². The Morgan fingerprint density at radius 3 is 2.33 bits per heavy atom. The predicted octanol–water partition coefficient (Wildman–Crippen LogP) is 1.89. The number of rotatable bonds is 6. The molecule has 2 rings (SSSR count). The highest BCUT2D eigenvalue weighted by Crippen LogP contribution is 2.43. The van der Waals surface area contributed by atoms with Gasteiger partial charge in [-0.25, -0.2) is 4.39 Å². The molecule has 1 fully saturated rings. The number of benzene rings is 1. The minimum atomic E-state index is -0.250. The molecule has 1 aliphatic rings. The number of halogens is 1. The summed E-state index contributed by atoms with van der Waals surface area (Å²) in [6.07, 6.45) is 3.45. The summed E-state index contributed by atoms with van der Waals surface area (Å²) in [6.45, 7) is 2.27. The minimum Gasteiger partial charge on any atom is -0.354 e. The van der Waals surface area contributed by atoms with Gasteiger partial charge in [0.2, 0.25) is 11.8 Å². The third-order valence-electron chi connectivity index (χ3n) is 4.16. The fourth-order valence-corrected chi connectivity index (χ4v) is 2.61. The van der Waals surface area contributed by atoms with Crippen LogP contribution in [0.1, 0.15) is 38.2 Å². The summed E-state index contributed by atoms with van der Waals surface area (Å²) >= 11 is 0. The Labute approximate surface area is 124 Å². The first-order chi connectivity index (χ1) is 10.1. The van der Waals surface area contributed by atoms with Crippen LogP contribution in [0.2, 0.25) is 0 Å². The lowest BCUT2D eigenvalue weighted by atomic mass is 9.64. The van der Waals surface area contributed by atoms with E-state index in [0.717, 1.165) is 24.8 Å². The Hall–Kier alpha value is -1.91. The Kier molecular flexibility index (Phi) is 4.94. The van der Waals surface area contributed by atoms with Crippen molar-refractivity contribution in [1.29, 1.82) is 0 Å². The Morgan fingerprint density at radius 1 is 1.14 bits per heavy atom. The summed E-state index contributed by atoms with van der Waals surface area (Å²) in [7, 11) is 0. The molecule has 0 radical (unpaired) electrons. The van der Waals surface area contributed by atoms with E-state index < -0.39 is 0 Å². The molecule has 2 N–H and O–H groups in total. The smallest absolute Gasteiger partial charge is 0.239 e. The topological polar surface area (TPSA) is 58.2 Å². The van der Waals surface area contributed by atoms with Crippen molar-refractivity contribution in [2.45, 2.75) is 38.0 Å². The van der Waals surface area contributed by atoms with Crippen LogP contribution in [0, 0.1) is 5.82 Å². The van der Waals surface area contributed by atoms with Crippen molar-refractivity contribution in [2.75, 3.05) is 13.1 Å². The number of nitrogens with one attached hydrogen (secondary N) is 2. The van der Waals surface area contributed by atoms with Gasteiger partial charge >= 0.3 is 0 Å². The van der Waals surface area contributed by atoms with Gasteiger partial charge in [-0.15, -0.1) is 0 Å². The van der Waals surface area contributed by atoms with E-state index in [0.29, 0.717) is 13.0 Å². The number of hydrogen-bond donors (Lipinski definition) is 2. The summed E-state index contributed by atoms with van der Waals surface area (Å²) in [6, 6.07) is 6.50. The van der Waals surface area contributed by atoms with Gasteiger partial charge in [-0.3, -0.25) is 9.59 Å². The highest BCUT2D eigenvalue weighted by molar-refractivity contribution is 5.84. The van der Waals surface area contributed by atoms with E-state index in [-0.39, 0.29) is 29.6 Å². The molecular formula is C16H21FN2O2. The van der Waals surface area contributed by atoms with Gasteiger partial charge in [0.15, 0.2) is 0 Å². The van der Waals surface area contributed by atoms with Crippen LogP contribution in [-0.4, -0.2) is 24.9 Å². The summed E-state index contributed by atoms with van der Waals surface area (Å²) in [4.78, 5) is 22.9. The van der Waals surface area contributed by atoms with Crippen LogP contribution in [0.15, 0.2) is 24.3 Å². The molecule has 1 aliphatic carbocycles. The van der Waals surface area contributed by atoms with Gasteiger partial charge in [0.1, 0.15) is 5.82 Å². The standard InChI is InChI=1S/C16H21FN2O2/c1-2-14(20)18-10-15(21)19-11-16(8-3-9-16)12-4-6-13(17)7-5-12/h4-7H,2-3,8-11H2,1H3,(H,18,20)(H,19,21). The normalized spacial score (nSPS) is 15.9. The van der Waals surface area contributed by atoms with Crippen molar-refractivity contribution in [2.24, 2.45) is 0 Å². The molecule has 0 saturated heterocycles. The molecule has 0 heterocycles. The summed E-state index contributed by atoms with van der Waals surface area (Å²) < 4.78 is 13.0. The zero-order chi connectivity index (χ0) is 15.3. The first-order valence-electron chi connectivity index (χ1n) is 7.35. The molecule has 0 bridgehead atoms. The number of carbonyl (C=O) groups is 2. The zero-order valence-electron chi connectivity index (χ0n) is 12.2. The molecule has 114 valence electrons. The Bertz CT molecular complexity index is 510. The van der Waals surface area contributed by atoms with Crippen LogP contribution in [0.25, 0.3) is 0 Å². The van der Waals surface area contributed by atoms with Crippen molar-refractivity contribution >= 4 is 11.8 Å². The summed E-state index contributed by atoms with van der Waals surface area (Å²) in [5, 5.41) is 5.42. The van der Waals surface area contributed by atoms with Crippen LogP contribution in [-0.2, 0) is 15.0 Å². The monoisotopic (exact) mass is 292 g/mol. The van der Waals surface area contributed by atoms with E-state index in [9.17, 15) is 14.0 Å². The zero-order valence-corrected chi connectivity index (χ0v) is 12.2. The van der Waals surface area contributed by atoms with Crippen molar-refractivity contribution in [3.05, 3.63) is 35.6 Å². The molecule has 5 heteroatoms. The van der Waals surface area contributed by atoms with Gasteiger partial charge < -0.3 is 10.6 Å². The van der Waals surface area contributed by atoms with Gasteiger partial charge in [-0.1, -0.05) is 25.5 Å². The van der Waals surface area contributed by atoms with Gasteiger partial charge in [-0.2, -0.15) is 0 Å². The first kappa shape index (κ1) is 15.5. The molecule has 1 aromatic carbocycles. The lowest BCUT2D eigenvalue weighted by molar-refractivity contribution is -0.126. The van der Waals surface area contributed by atoms with Crippen LogP contribution in [0.3, 0.4) is 0 Å². The molecule has 2 amide bonds. The van der Waals surface area contributed by atoms with Gasteiger partial charge in [0.05, 0.1) is 6.54 Å². The van der Waals surface area contributed by atoms with Crippen LogP contribution >= 0.6 is 0 Å². The average molecular weight is 292 g/mol. The van der Waals surface area contributed by atoms with Crippen molar-refractivity contribution < 1.29 is 14.0 Å². The molecular weight excluding hydrogens is 271 g/mol. The van der Waals surface area contributed by atoms with Crippen molar-refractivity contribution in [3.63, 3.8) is 0 Å². The molecule has 0 spiro atoms. The van der Waals surface area contributed by atoms with Gasteiger partial charge in [-0.05, 0) is 30.5 Å². The summed E-state index contributed by atoms with van der Waals surface area (Å²) in [5.41, 5.74) is 0.978. The van der Waals surface area contributed by atoms with E-state index in [1.165, 1.54) is 12.1 Å². The van der Waals surface area contributed by atoms with Crippen LogP contribution in [0.5, 0.6) is 0 Å². The van der Waals surface area contributed by atoms with Gasteiger partial charge in [0.25, 0.3) is 0 Å². The largest absolute Gasteiger partial charge is 0.354 e. The molecule has 4 nitrogen and oxygen atoms in total. The first-order valence-corrected chi connectivity index (χ1v) is 7.35. The quantitative estimate of drug-likeness (QED) is 0.841. The Balaban J connectivity index is 1.89. The van der Waals surface area contributed by atoms with E-state index in [4.69, 9.17) is 0 Å². The third-order valence-corrected chi connectivity index (χ3v) is 4.16. The fraction of sp³-hybridized carbons (Fsp3) is 0.500. The maximum absolute atomic E-state index is 13.0. The van der Waals surface area contributed by atoms with Gasteiger partial charge in [0, 0.05) is 18.4 Å². The Morgan fingerprint density at radius 2 is 1.81 bits per heavy atom. The lowest BCUT2D eigenvalue weighted by Crippen LogP contribution is -2.47. The van der Waals surface area contributed by atoms with Crippen LogP contribution in [0.4, 0.5) is 4.39 Å².